The lowest BCUT2D eigenvalue weighted by molar-refractivity contribution is -0.134. The zero-order valence-corrected chi connectivity index (χ0v) is 15.0. The van der Waals surface area contributed by atoms with E-state index in [1.54, 1.807) is 33.8 Å². The summed E-state index contributed by atoms with van der Waals surface area (Å²) < 4.78 is 0. The van der Waals surface area contributed by atoms with Crippen molar-refractivity contribution in [3.63, 3.8) is 0 Å². The maximum Gasteiger partial charge on any atom is 0.256 e. The number of aromatic nitrogens is 1. The molecule has 0 radical (unpaired) electrons. The molecule has 2 aliphatic rings. The van der Waals surface area contributed by atoms with E-state index < -0.39 is 0 Å². The van der Waals surface area contributed by atoms with Gasteiger partial charge in [0.05, 0.1) is 11.4 Å². The van der Waals surface area contributed by atoms with Crippen LogP contribution in [0.25, 0.3) is 0 Å². The van der Waals surface area contributed by atoms with Gasteiger partial charge in [0.1, 0.15) is 11.9 Å². The molecule has 1 aliphatic heterocycles. The largest absolute Gasteiger partial charge is 0.367 e. The smallest absolute Gasteiger partial charge is 0.256 e. The molecule has 1 N–H and O–H groups in total. The molecule has 1 saturated carbocycles. The monoisotopic (exact) mass is 348 g/mol. The molecule has 1 aromatic heterocycles. The molecule has 2 amide bonds. The number of nitrogens with one attached hydrogen (secondary N) is 1. The molecule has 2 fully saturated rings. The van der Waals surface area contributed by atoms with Crippen molar-refractivity contribution in [1.29, 1.82) is 0 Å². The molecule has 0 aromatic carbocycles. The number of anilines is 1. The van der Waals surface area contributed by atoms with E-state index in [4.69, 9.17) is 0 Å². The fourth-order valence-electron chi connectivity index (χ4n) is 2.80. The van der Waals surface area contributed by atoms with Gasteiger partial charge >= 0.3 is 0 Å². The Balaban J connectivity index is 1.69. The number of carbonyl (C=O) groups is 2. The highest BCUT2D eigenvalue weighted by Gasteiger charge is 2.36. The number of nitrogens with zero attached hydrogens (tertiary/aromatic N) is 3. The lowest BCUT2D eigenvalue weighted by Gasteiger charge is -2.28. The third kappa shape index (κ3) is 3.66. The standard InChI is InChI=1S/C17H24N4O2S/c1-3-20(4-2)17(23)14-10-24-11-21(14)16(22)12-5-8-15(18-9-12)19-13-6-7-13/h5,8-9,13-14H,3-4,6-7,10-11H2,1-2H3,(H,18,19)/t14-/m1/s1. The predicted molar refractivity (Wildman–Crippen MR) is 96.1 cm³/mol. The molecule has 1 saturated heterocycles. The molecule has 3 rings (SSSR count). The van der Waals surface area contributed by atoms with Crippen molar-refractivity contribution >= 4 is 29.4 Å². The van der Waals surface area contributed by atoms with Crippen molar-refractivity contribution in [3.05, 3.63) is 23.9 Å². The summed E-state index contributed by atoms with van der Waals surface area (Å²) in [5.74, 6) is 1.95. The van der Waals surface area contributed by atoms with Crippen LogP contribution in [0.15, 0.2) is 18.3 Å². The minimum Gasteiger partial charge on any atom is -0.367 e. The Labute approximate surface area is 147 Å². The van der Waals surface area contributed by atoms with Gasteiger partial charge in [-0.15, -0.1) is 11.8 Å². The Morgan fingerprint density at radius 3 is 2.67 bits per heavy atom. The number of carbonyl (C=O) groups excluding carboxylic acids is 2. The van der Waals surface area contributed by atoms with Crippen molar-refractivity contribution in [1.82, 2.24) is 14.8 Å². The van der Waals surface area contributed by atoms with Gasteiger partial charge in [-0.25, -0.2) is 4.98 Å². The quantitative estimate of drug-likeness (QED) is 0.852. The topological polar surface area (TPSA) is 65.5 Å². The van der Waals surface area contributed by atoms with Gasteiger partial charge in [0.25, 0.3) is 5.91 Å². The molecule has 130 valence electrons. The van der Waals surface area contributed by atoms with Crippen LogP contribution in [0.5, 0.6) is 0 Å². The van der Waals surface area contributed by atoms with Crippen LogP contribution in [0.4, 0.5) is 5.82 Å². The molecule has 6 nitrogen and oxygen atoms in total. The summed E-state index contributed by atoms with van der Waals surface area (Å²) in [5, 5.41) is 3.31. The predicted octanol–water partition coefficient (Wildman–Crippen LogP) is 2.04. The second-order valence-corrected chi connectivity index (χ2v) is 7.15. The highest BCUT2D eigenvalue weighted by atomic mass is 32.2. The number of amides is 2. The van der Waals surface area contributed by atoms with Crippen molar-refractivity contribution in [2.45, 2.75) is 38.8 Å². The molecule has 0 spiro atoms. The lowest BCUT2D eigenvalue weighted by Crippen LogP contribution is -2.48. The van der Waals surface area contributed by atoms with E-state index in [9.17, 15) is 9.59 Å². The van der Waals surface area contributed by atoms with E-state index in [1.165, 1.54) is 12.8 Å². The summed E-state index contributed by atoms with van der Waals surface area (Å²) in [6.07, 6.45) is 3.97. The van der Waals surface area contributed by atoms with E-state index in [2.05, 4.69) is 10.3 Å². The van der Waals surface area contributed by atoms with Crippen LogP contribution >= 0.6 is 11.8 Å². The first-order valence-electron chi connectivity index (χ1n) is 8.54. The Morgan fingerprint density at radius 2 is 2.08 bits per heavy atom. The summed E-state index contributed by atoms with van der Waals surface area (Å²) in [5.41, 5.74) is 0.538. The van der Waals surface area contributed by atoms with E-state index in [-0.39, 0.29) is 17.9 Å². The minimum absolute atomic E-state index is 0.0401. The molecule has 0 bridgehead atoms. The van der Waals surface area contributed by atoms with Gasteiger partial charge in [-0.05, 0) is 38.8 Å². The van der Waals surface area contributed by atoms with E-state index >= 15 is 0 Å². The van der Waals surface area contributed by atoms with Crippen LogP contribution in [0, 0.1) is 0 Å². The van der Waals surface area contributed by atoms with Crippen molar-refractivity contribution in [2.75, 3.05) is 30.0 Å². The van der Waals surface area contributed by atoms with Gasteiger partial charge in [-0.1, -0.05) is 0 Å². The number of rotatable bonds is 6. The molecule has 1 aromatic rings. The van der Waals surface area contributed by atoms with Gasteiger partial charge in [0.15, 0.2) is 0 Å². The maximum atomic E-state index is 12.8. The summed E-state index contributed by atoms with van der Waals surface area (Å²) in [4.78, 5) is 33.2. The number of likely N-dealkylation sites (N-methyl/N-ethyl adjacent to an activating group) is 1. The van der Waals surface area contributed by atoms with Crippen LogP contribution in [-0.4, -0.2) is 63.4 Å². The van der Waals surface area contributed by atoms with Crippen LogP contribution in [0.2, 0.25) is 0 Å². The van der Waals surface area contributed by atoms with Crippen LogP contribution < -0.4 is 5.32 Å². The normalized spacial score (nSPS) is 20.1. The molecular formula is C17H24N4O2S. The SMILES string of the molecule is CCN(CC)C(=O)[C@H]1CSCN1C(=O)c1ccc(NC2CC2)nc1. The first-order valence-corrected chi connectivity index (χ1v) is 9.69. The van der Waals surface area contributed by atoms with Crippen LogP contribution in [0.3, 0.4) is 0 Å². The van der Waals surface area contributed by atoms with E-state index in [0.29, 0.717) is 36.3 Å². The molecule has 2 heterocycles. The summed E-state index contributed by atoms with van der Waals surface area (Å²) in [6.45, 7) is 5.26. The molecule has 1 atom stereocenters. The molecule has 1 aliphatic carbocycles. The Bertz CT molecular complexity index is 599. The zero-order chi connectivity index (χ0) is 17.1. The third-order valence-corrected chi connectivity index (χ3v) is 5.46. The highest BCUT2D eigenvalue weighted by molar-refractivity contribution is 7.99. The average Bonchev–Trinajstić information content (AvgIpc) is 3.27. The zero-order valence-electron chi connectivity index (χ0n) is 14.2. The Kier molecular flexibility index (Phi) is 5.28. The van der Waals surface area contributed by atoms with Crippen LogP contribution in [0.1, 0.15) is 37.0 Å². The second kappa shape index (κ2) is 7.42. The summed E-state index contributed by atoms with van der Waals surface area (Å²) >= 11 is 1.62. The van der Waals surface area contributed by atoms with Gasteiger partial charge in [0, 0.05) is 31.1 Å². The van der Waals surface area contributed by atoms with Crippen molar-refractivity contribution < 1.29 is 9.59 Å². The van der Waals surface area contributed by atoms with Gasteiger partial charge in [-0.3, -0.25) is 9.59 Å². The van der Waals surface area contributed by atoms with Crippen LogP contribution in [-0.2, 0) is 4.79 Å². The van der Waals surface area contributed by atoms with Gasteiger partial charge < -0.3 is 15.1 Å². The minimum atomic E-state index is -0.369. The summed E-state index contributed by atoms with van der Waals surface area (Å²) in [6, 6.07) is 3.80. The van der Waals surface area contributed by atoms with Crippen molar-refractivity contribution in [3.8, 4) is 0 Å². The number of hydrogen-bond acceptors (Lipinski definition) is 5. The third-order valence-electron chi connectivity index (χ3n) is 4.44. The lowest BCUT2D eigenvalue weighted by atomic mass is 10.2. The first kappa shape index (κ1) is 17.1. The highest BCUT2D eigenvalue weighted by Crippen LogP contribution is 2.26. The molecule has 0 unspecified atom stereocenters. The van der Waals surface area contributed by atoms with Crippen molar-refractivity contribution in [2.24, 2.45) is 0 Å². The summed E-state index contributed by atoms with van der Waals surface area (Å²) in [7, 11) is 0. The average molecular weight is 348 g/mol. The fraction of sp³-hybridized carbons (Fsp3) is 0.588. The van der Waals surface area contributed by atoms with E-state index in [0.717, 1.165) is 5.82 Å². The Hall–Kier alpha value is -1.76. The second-order valence-electron chi connectivity index (χ2n) is 6.15. The van der Waals surface area contributed by atoms with E-state index in [1.807, 2.05) is 19.9 Å². The number of pyridine rings is 1. The van der Waals surface area contributed by atoms with Gasteiger partial charge in [0.2, 0.25) is 5.91 Å². The number of thioether (sulfide) groups is 1. The Morgan fingerprint density at radius 1 is 1.33 bits per heavy atom. The molecule has 24 heavy (non-hydrogen) atoms. The molecular weight excluding hydrogens is 324 g/mol. The fourth-order valence-corrected chi connectivity index (χ4v) is 3.95. The maximum absolute atomic E-state index is 12.8. The number of hydrogen-bond donors (Lipinski definition) is 1. The first-order chi connectivity index (χ1) is 11.6. The van der Waals surface area contributed by atoms with Gasteiger partial charge in [-0.2, -0.15) is 0 Å². The molecule has 7 heteroatoms.